The molecule has 4 heteroatoms. The molecule has 0 aromatic heterocycles. The Balaban J connectivity index is 1.53. The van der Waals surface area contributed by atoms with Gasteiger partial charge in [0.15, 0.2) is 6.10 Å². The first-order valence-corrected chi connectivity index (χ1v) is 11.8. The number of rotatable bonds is 10. The second kappa shape index (κ2) is 12.3. The van der Waals surface area contributed by atoms with Gasteiger partial charge in [-0.05, 0) is 35.1 Å². The van der Waals surface area contributed by atoms with Gasteiger partial charge in [0.2, 0.25) is 0 Å². The largest absolute Gasteiger partial charge is 0.458 e. The molecule has 4 nitrogen and oxygen atoms in total. The second-order valence-corrected chi connectivity index (χ2v) is 8.30. The Morgan fingerprint density at radius 1 is 0.571 bits per heavy atom. The first kappa shape index (κ1) is 24.0. The highest BCUT2D eigenvalue weighted by Crippen LogP contribution is 2.27. The molecule has 35 heavy (non-hydrogen) atoms. The van der Waals surface area contributed by atoms with E-state index >= 15 is 0 Å². The van der Waals surface area contributed by atoms with E-state index in [1.54, 1.807) is 0 Å². The van der Waals surface area contributed by atoms with Crippen LogP contribution in [0.1, 0.15) is 34.6 Å². The van der Waals surface area contributed by atoms with E-state index in [0.717, 1.165) is 22.3 Å². The lowest BCUT2D eigenvalue weighted by Crippen LogP contribution is -2.32. The monoisotopic (exact) mass is 464 g/mol. The van der Waals surface area contributed by atoms with E-state index in [0.29, 0.717) is 12.8 Å². The quantitative estimate of drug-likeness (QED) is 0.266. The molecule has 0 aliphatic heterocycles. The van der Waals surface area contributed by atoms with Gasteiger partial charge < -0.3 is 9.47 Å². The van der Waals surface area contributed by atoms with Gasteiger partial charge in [-0.1, -0.05) is 121 Å². The lowest BCUT2D eigenvalue weighted by molar-refractivity contribution is -0.169. The van der Waals surface area contributed by atoms with E-state index in [1.165, 1.54) is 0 Å². The molecule has 0 radical (unpaired) electrons. The molecule has 0 N–H and O–H groups in total. The Morgan fingerprint density at radius 2 is 1.03 bits per heavy atom. The molecule has 176 valence electrons. The number of benzene rings is 4. The normalized spacial score (nSPS) is 11.6. The van der Waals surface area contributed by atoms with Crippen LogP contribution in [0.3, 0.4) is 0 Å². The lowest BCUT2D eigenvalue weighted by Gasteiger charge is -2.22. The Kier molecular flexibility index (Phi) is 8.44. The molecule has 0 aliphatic carbocycles. The molecule has 0 heterocycles. The van der Waals surface area contributed by atoms with Crippen LogP contribution in [0.4, 0.5) is 0 Å². The highest BCUT2D eigenvalue weighted by Gasteiger charge is 2.30. The van der Waals surface area contributed by atoms with Gasteiger partial charge in [0.1, 0.15) is 12.5 Å². The van der Waals surface area contributed by atoms with Crippen LogP contribution >= 0.6 is 0 Å². The summed E-state index contributed by atoms with van der Waals surface area (Å²) in [5.74, 6) is -1.66. The first-order chi connectivity index (χ1) is 17.2. The van der Waals surface area contributed by atoms with Crippen molar-refractivity contribution in [1.82, 2.24) is 0 Å². The fraction of sp³-hybridized carbons (Fsp3) is 0.161. The highest BCUT2D eigenvalue weighted by atomic mass is 16.6. The Bertz CT molecular complexity index is 1150. The number of ether oxygens (including phenoxy) is 2. The minimum absolute atomic E-state index is 0.125. The summed E-state index contributed by atoms with van der Waals surface area (Å²) in [7, 11) is 0. The van der Waals surface area contributed by atoms with Crippen molar-refractivity contribution in [2.24, 2.45) is 0 Å². The van der Waals surface area contributed by atoms with Crippen molar-refractivity contribution in [2.45, 2.75) is 31.5 Å². The molecule has 0 saturated carbocycles. The van der Waals surface area contributed by atoms with Crippen molar-refractivity contribution >= 4 is 11.9 Å². The zero-order valence-electron chi connectivity index (χ0n) is 19.5. The number of esters is 2. The number of aryl methyl sites for hydroxylation is 1. The van der Waals surface area contributed by atoms with Crippen molar-refractivity contribution in [3.63, 3.8) is 0 Å². The summed E-state index contributed by atoms with van der Waals surface area (Å²) in [4.78, 5) is 26.6. The third kappa shape index (κ3) is 6.90. The van der Waals surface area contributed by atoms with Gasteiger partial charge in [-0.3, -0.25) is 4.79 Å². The van der Waals surface area contributed by atoms with Crippen LogP contribution in [0, 0.1) is 0 Å². The zero-order valence-corrected chi connectivity index (χ0v) is 19.5. The predicted octanol–water partition coefficient (Wildman–Crippen LogP) is 6.11. The highest BCUT2D eigenvalue weighted by molar-refractivity contribution is 5.85. The van der Waals surface area contributed by atoms with Crippen molar-refractivity contribution in [3.05, 3.63) is 144 Å². The third-order valence-electron chi connectivity index (χ3n) is 5.78. The minimum atomic E-state index is -1.01. The SMILES string of the molecule is O=C(O[C@H](CCc1ccccc1)C(=O)OCc1ccccc1)C(c1ccccc1)c1ccccc1. The molecule has 0 spiro atoms. The minimum Gasteiger partial charge on any atom is -0.458 e. The van der Waals surface area contributed by atoms with Crippen molar-refractivity contribution in [1.29, 1.82) is 0 Å². The molecule has 0 saturated heterocycles. The van der Waals surface area contributed by atoms with E-state index in [1.807, 2.05) is 121 Å². The fourth-order valence-corrected chi connectivity index (χ4v) is 3.95. The average molecular weight is 465 g/mol. The summed E-state index contributed by atoms with van der Waals surface area (Å²) in [6.07, 6.45) is -0.0957. The van der Waals surface area contributed by atoms with Gasteiger partial charge in [-0.2, -0.15) is 0 Å². The molecule has 0 unspecified atom stereocenters. The molecular weight excluding hydrogens is 436 g/mol. The molecule has 4 aromatic rings. The molecular formula is C31H28O4. The number of carbonyl (C=O) groups excluding carboxylic acids is 2. The molecule has 0 amide bonds. The zero-order chi connectivity index (χ0) is 24.3. The maximum absolute atomic E-state index is 13.5. The molecule has 4 rings (SSSR count). The smallest absolute Gasteiger partial charge is 0.347 e. The van der Waals surface area contributed by atoms with Gasteiger partial charge in [0, 0.05) is 0 Å². The van der Waals surface area contributed by atoms with Crippen molar-refractivity contribution < 1.29 is 19.1 Å². The maximum atomic E-state index is 13.5. The summed E-state index contributed by atoms with van der Waals surface area (Å²) in [6.45, 7) is 0.125. The van der Waals surface area contributed by atoms with Crippen LogP contribution < -0.4 is 0 Å². The molecule has 0 fully saturated rings. The number of hydrogen-bond acceptors (Lipinski definition) is 4. The van der Waals surface area contributed by atoms with Crippen molar-refractivity contribution in [2.75, 3.05) is 0 Å². The topological polar surface area (TPSA) is 52.6 Å². The molecule has 0 bridgehead atoms. The van der Waals surface area contributed by atoms with Gasteiger partial charge in [-0.25, -0.2) is 4.79 Å². The second-order valence-electron chi connectivity index (χ2n) is 8.30. The summed E-state index contributed by atoms with van der Waals surface area (Å²) < 4.78 is 11.4. The predicted molar refractivity (Wildman–Crippen MR) is 136 cm³/mol. The van der Waals surface area contributed by atoms with Crippen LogP contribution in [0.2, 0.25) is 0 Å². The van der Waals surface area contributed by atoms with Crippen LogP contribution in [-0.4, -0.2) is 18.0 Å². The fourth-order valence-electron chi connectivity index (χ4n) is 3.95. The van der Waals surface area contributed by atoms with Gasteiger partial charge in [0.25, 0.3) is 0 Å². The van der Waals surface area contributed by atoms with Crippen LogP contribution in [0.5, 0.6) is 0 Å². The number of carbonyl (C=O) groups is 2. The summed E-state index contributed by atoms with van der Waals surface area (Å²) in [5, 5.41) is 0. The van der Waals surface area contributed by atoms with E-state index < -0.39 is 24.0 Å². The summed E-state index contributed by atoms with van der Waals surface area (Å²) in [6, 6.07) is 38.2. The Hall–Kier alpha value is -4.18. The van der Waals surface area contributed by atoms with Crippen LogP contribution in [0.15, 0.2) is 121 Å². The van der Waals surface area contributed by atoms with E-state index in [9.17, 15) is 9.59 Å². The standard InChI is InChI=1S/C31H28O4/c32-30(34-23-25-15-7-2-8-16-25)28(22-21-24-13-5-1-6-14-24)35-31(33)29(26-17-9-3-10-18-26)27-19-11-4-12-20-27/h1-20,28-29H,21-23H2/t28-/m1/s1. The van der Waals surface area contributed by atoms with Crippen LogP contribution in [-0.2, 0) is 32.1 Å². The van der Waals surface area contributed by atoms with E-state index in [4.69, 9.17) is 9.47 Å². The van der Waals surface area contributed by atoms with Crippen molar-refractivity contribution in [3.8, 4) is 0 Å². The van der Waals surface area contributed by atoms with Gasteiger partial charge in [-0.15, -0.1) is 0 Å². The van der Waals surface area contributed by atoms with E-state index in [2.05, 4.69) is 0 Å². The van der Waals surface area contributed by atoms with Gasteiger partial charge in [0.05, 0.1) is 0 Å². The number of hydrogen-bond donors (Lipinski definition) is 0. The molecule has 1 atom stereocenters. The summed E-state index contributed by atoms with van der Waals surface area (Å²) in [5.41, 5.74) is 3.55. The average Bonchev–Trinajstić information content (AvgIpc) is 2.92. The third-order valence-corrected chi connectivity index (χ3v) is 5.78. The Morgan fingerprint density at radius 3 is 1.54 bits per heavy atom. The van der Waals surface area contributed by atoms with E-state index in [-0.39, 0.29) is 6.61 Å². The Labute approximate surface area is 206 Å². The maximum Gasteiger partial charge on any atom is 0.347 e. The molecule has 4 aromatic carbocycles. The first-order valence-electron chi connectivity index (χ1n) is 11.8. The van der Waals surface area contributed by atoms with Crippen LogP contribution in [0.25, 0.3) is 0 Å². The lowest BCUT2D eigenvalue weighted by atomic mass is 9.91. The van der Waals surface area contributed by atoms with Gasteiger partial charge >= 0.3 is 11.9 Å². The summed E-state index contributed by atoms with van der Waals surface area (Å²) >= 11 is 0. The molecule has 0 aliphatic rings.